The van der Waals surface area contributed by atoms with Gasteiger partial charge in [-0.1, -0.05) is 29.8 Å². The van der Waals surface area contributed by atoms with Crippen LogP contribution in [0.2, 0.25) is 5.02 Å². The lowest BCUT2D eigenvalue weighted by molar-refractivity contribution is -0.123. The van der Waals surface area contributed by atoms with Gasteiger partial charge in [-0.25, -0.2) is 5.01 Å². The summed E-state index contributed by atoms with van der Waals surface area (Å²) >= 11 is 7.75. The van der Waals surface area contributed by atoms with Crippen LogP contribution >= 0.6 is 23.4 Å². The first-order valence-corrected chi connectivity index (χ1v) is 9.44. The number of halogens is 1. The Balaban J connectivity index is 1.88. The second-order valence-electron chi connectivity index (χ2n) is 6.10. The molecule has 128 valence electrons. The molecule has 0 aromatic heterocycles. The van der Waals surface area contributed by atoms with E-state index in [-0.39, 0.29) is 12.3 Å². The van der Waals surface area contributed by atoms with E-state index in [0.29, 0.717) is 10.7 Å². The number of hydrogen-bond donors (Lipinski definition) is 0. The summed E-state index contributed by atoms with van der Waals surface area (Å²) in [7, 11) is 1.67. The van der Waals surface area contributed by atoms with E-state index in [2.05, 4.69) is 12.1 Å². The van der Waals surface area contributed by atoms with Gasteiger partial charge in [0.15, 0.2) is 0 Å². The van der Waals surface area contributed by atoms with E-state index in [1.165, 1.54) is 9.90 Å². The number of carbonyl (C=O) groups is 1. The fourth-order valence-corrected chi connectivity index (χ4v) is 4.60. The first kappa shape index (κ1) is 16.6. The van der Waals surface area contributed by atoms with Crippen LogP contribution in [-0.2, 0) is 9.53 Å². The monoisotopic (exact) mass is 372 g/mol. The van der Waals surface area contributed by atoms with E-state index in [4.69, 9.17) is 21.4 Å². The van der Waals surface area contributed by atoms with Crippen LogP contribution in [0.4, 0.5) is 5.69 Å². The lowest BCUT2D eigenvalue weighted by Gasteiger charge is -2.38. The topological polar surface area (TPSA) is 41.9 Å². The van der Waals surface area contributed by atoms with Crippen molar-refractivity contribution in [3.8, 4) is 0 Å². The van der Waals surface area contributed by atoms with Crippen molar-refractivity contribution >= 4 is 40.7 Å². The summed E-state index contributed by atoms with van der Waals surface area (Å²) in [5.74, 6) is 0.815. The Morgan fingerprint density at radius 1 is 1.20 bits per heavy atom. The number of benzene rings is 2. The van der Waals surface area contributed by atoms with Crippen molar-refractivity contribution in [2.24, 2.45) is 5.10 Å². The normalized spacial score (nSPS) is 22.7. The number of fused-ring (bicyclic) bond motifs is 3. The zero-order valence-corrected chi connectivity index (χ0v) is 15.3. The number of hydrazone groups is 1. The number of carbonyl (C=O) groups excluding carboxylic acids is 1. The predicted octanol–water partition coefficient (Wildman–Crippen LogP) is 4.36. The summed E-state index contributed by atoms with van der Waals surface area (Å²) in [5.41, 5.74) is 1.91. The highest BCUT2D eigenvalue weighted by molar-refractivity contribution is 7.99. The van der Waals surface area contributed by atoms with Gasteiger partial charge in [-0.05, 0) is 36.8 Å². The molecule has 1 unspecified atom stereocenters. The Hall–Kier alpha value is -1.82. The average molecular weight is 373 g/mol. The molecule has 0 N–H and O–H groups in total. The Labute approximate surface area is 155 Å². The predicted molar refractivity (Wildman–Crippen MR) is 102 cm³/mol. The number of methoxy groups -OCH3 is 1. The minimum atomic E-state index is -0.667. The van der Waals surface area contributed by atoms with Crippen molar-refractivity contribution in [3.63, 3.8) is 0 Å². The molecule has 2 heterocycles. The van der Waals surface area contributed by atoms with Gasteiger partial charge in [0.25, 0.3) is 5.91 Å². The van der Waals surface area contributed by atoms with Gasteiger partial charge in [-0.3, -0.25) is 4.79 Å². The van der Waals surface area contributed by atoms with E-state index >= 15 is 0 Å². The largest absolute Gasteiger partial charge is 0.371 e. The Kier molecular flexibility index (Phi) is 4.31. The molecule has 2 aromatic rings. The van der Waals surface area contributed by atoms with Crippen LogP contribution in [0.1, 0.15) is 18.4 Å². The quantitative estimate of drug-likeness (QED) is 0.786. The van der Waals surface area contributed by atoms with Crippen LogP contribution in [0, 0.1) is 0 Å². The molecule has 0 saturated heterocycles. The van der Waals surface area contributed by atoms with Crippen molar-refractivity contribution in [1.82, 2.24) is 0 Å². The zero-order valence-electron chi connectivity index (χ0n) is 13.7. The Bertz CT molecular complexity index is 853. The second-order valence-corrected chi connectivity index (χ2v) is 7.67. The maximum Gasteiger partial charge on any atom is 0.250 e. The third-order valence-electron chi connectivity index (χ3n) is 4.67. The van der Waals surface area contributed by atoms with Gasteiger partial charge in [-0.15, -0.1) is 11.8 Å². The van der Waals surface area contributed by atoms with Crippen LogP contribution in [0.15, 0.2) is 58.5 Å². The third kappa shape index (κ3) is 2.86. The smallest absolute Gasteiger partial charge is 0.250 e. The summed E-state index contributed by atoms with van der Waals surface area (Å²) in [6.45, 7) is 0. The maximum atomic E-state index is 12.8. The summed E-state index contributed by atoms with van der Waals surface area (Å²) in [5, 5.41) is 6.84. The Morgan fingerprint density at radius 3 is 2.72 bits per heavy atom. The molecule has 2 aliphatic rings. The molecule has 2 aromatic carbocycles. The molecule has 1 amide bonds. The standard InChI is InChI=1S/C19H17ClN2O2S/c1-24-19-10-11-25-16-5-3-2-4-15(16)18(19)21-22(17(23)12-19)14-8-6-13(20)7-9-14/h2-9H,10-12H2,1H3. The number of hydrogen-bond acceptors (Lipinski definition) is 4. The minimum absolute atomic E-state index is 0.0719. The molecule has 1 atom stereocenters. The molecule has 0 bridgehead atoms. The van der Waals surface area contributed by atoms with Crippen LogP contribution in [-0.4, -0.2) is 30.1 Å². The summed E-state index contributed by atoms with van der Waals surface area (Å²) < 4.78 is 5.88. The number of nitrogens with zero attached hydrogens (tertiary/aromatic N) is 2. The first-order chi connectivity index (χ1) is 12.1. The highest BCUT2D eigenvalue weighted by Crippen LogP contribution is 2.40. The van der Waals surface area contributed by atoms with Gasteiger partial charge < -0.3 is 4.74 Å². The van der Waals surface area contributed by atoms with Gasteiger partial charge in [0.1, 0.15) is 11.3 Å². The minimum Gasteiger partial charge on any atom is -0.371 e. The van der Waals surface area contributed by atoms with E-state index < -0.39 is 5.60 Å². The first-order valence-electron chi connectivity index (χ1n) is 8.08. The van der Waals surface area contributed by atoms with Crippen molar-refractivity contribution in [2.45, 2.75) is 23.3 Å². The molecular weight excluding hydrogens is 356 g/mol. The summed E-state index contributed by atoms with van der Waals surface area (Å²) in [6.07, 6.45) is 1.03. The maximum absolute atomic E-state index is 12.8. The Morgan fingerprint density at radius 2 is 1.96 bits per heavy atom. The van der Waals surface area contributed by atoms with Crippen molar-refractivity contribution in [1.29, 1.82) is 0 Å². The van der Waals surface area contributed by atoms with Gasteiger partial charge in [0, 0.05) is 28.3 Å². The molecule has 0 aliphatic carbocycles. The molecule has 4 rings (SSSR count). The molecule has 6 heteroatoms. The lowest BCUT2D eigenvalue weighted by atomic mass is 9.84. The number of ether oxygens (including phenoxy) is 1. The molecule has 4 nitrogen and oxygen atoms in total. The van der Waals surface area contributed by atoms with Crippen molar-refractivity contribution < 1.29 is 9.53 Å². The number of anilines is 1. The number of rotatable bonds is 2. The second kappa shape index (κ2) is 6.48. The van der Waals surface area contributed by atoms with Gasteiger partial charge in [0.2, 0.25) is 0 Å². The molecular formula is C19H17ClN2O2S. The van der Waals surface area contributed by atoms with Crippen LogP contribution < -0.4 is 5.01 Å². The van der Waals surface area contributed by atoms with E-state index in [0.717, 1.165) is 23.4 Å². The highest BCUT2D eigenvalue weighted by Gasteiger charge is 2.46. The zero-order chi connectivity index (χ0) is 17.4. The average Bonchev–Trinajstić information content (AvgIpc) is 2.79. The molecule has 2 aliphatic heterocycles. The van der Waals surface area contributed by atoms with E-state index in [9.17, 15) is 4.79 Å². The highest BCUT2D eigenvalue weighted by atomic mass is 35.5. The van der Waals surface area contributed by atoms with Crippen molar-refractivity contribution in [2.75, 3.05) is 17.9 Å². The van der Waals surface area contributed by atoms with E-state index in [1.54, 1.807) is 43.1 Å². The van der Waals surface area contributed by atoms with Gasteiger partial charge in [0.05, 0.1) is 12.1 Å². The van der Waals surface area contributed by atoms with E-state index in [1.807, 2.05) is 12.1 Å². The molecule has 0 fully saturated rings. The SMILES string of the molecule is COC12CCSc3ccccc3C1=NN(c1ccc(Cl)cc1)C(=O)C2. The summed E-state index contributed by atoms with van der Waals surface area (Å²) in [4.78, 5) is 14.0. The summed E-state index contributed by atoms with van der Waals surface area (Å²) in [6, 6.07) is 15.3. The number of thioether (sulfide) groups is 1. The van der Waals surface area contributed by atoms with Crippen LogP contribution in [0.3, 0.4) is 0 Å². The van der Waals surface area contributed by atoms with Crippen molar-refractivity contribution in [3.05, 3.63) is 59.1 Å². The van der Waals surface area contributed by atoms with Gasteiger partial charge >= 0.3 is 0 Å². The number of amides is 1. The molecule has 0 spiro atoms. The molecule has 0 radical (unpaired) electrons. The fraction of sp³-hybridized carbons (Fsp3) is 0.263. The van der Waals surface area contributed by atoms with Crippen LogP contribution in [0.5, 0.6) is 0 Å². The molecule has 0 saturated carbocycles. The fourth-order valence-electron chi connectivity index (χ4n) is 3.32. The van der Waals surface area contributed by atoms with Gasteiger partial charge in [-0.2, -0.15) is 5.10 Å². The van der Waals surface area contributed by atoms with Crippen LogP contribution in [0.25, 0.3) is 0 Å². The lowest BCUT2D eigenvalue weighted by Crippen LogP contribution is -2.51. The third-order valence-corrected chi connectivity index (χ3v) is 6.00. The molecule has 25 heavy (non-hydrogen) atoms.